The number of carbonyl (C=O) groups is 2. The van der Waals surface area contributed by atoms with Gasteiger partial charge in [-0.2, -0.15) is 0 Å². The van der Waals surface area contributed by atoms with Crippen molar-refractivity contribution in [2.75, 3.05) is 29.9 Å². The van der Waals surface area contributed by atoms with E-state index in [1.165, 1.54) is 4.90 Å². The van der Waals surface area contributed by atoms with Crippen LogP contribution in [0.3, 0.4) is 0 Å². The lowest BCUT2D eigenvalue weighted by atomic mass is 10.2. The van der Waals surface area contributed by atoms with Crippen LogP contribution in [0.15, 0.2) is 60.8 Å². The molecule has 1 aliphatic rings. The molecule has 1 aromatic heterocycles. The Morgan fingerprint density at radius 2 is 1.85 bits per heavy atom. The fourth-order valence-electron chi connectivity index (χ4n) is 3.16. The van der Waals surface area contributed by atoms with Crippen molar-refractivity contribution in [3.63, 3.8) is 0 Å². The number of benzene rings is 2. The number of nitrogens with zero attached hydrogens (tertiary/aromatic N) is 3. The minimum absolute atomic E-state index is 0.00779. The number of nitrogens with one attached hydrogen (secondary N) is 1. The van der Waals surface area contributed by atoms with Gasteiger partial charge in [-0.05, 0) is 36.4 Å². The predicted molar refractivity (Wildman–Crippen MR) is 106 cm³/mol. The Morgan fingerprint density at radius 1 is 1.07 bits per heavy atom. The van der Waals surface area contributed by atoms with Crippen LogP contribution in [0.2, 0.25) is 5.02 Å². The summed E-state index contributed by atoms with van der Waals surface area (Å²) in [6, 6.07) is 16.3. The van der Waals surface area contributed by atoms with E-state index in [1.807, 2.05) is 24.3 Å². The van der Waals surface area contributed by atoms with Gasteiger partial charge < -0.3 is 10.2 Å². The van der Waals surface area contributed by atoms with E-state index >= 15 is 0 Å². The zero-order valence-electron chi connectivity index (χ0n) is 14.4. The Morgan fingerprint density at radius 3 is 2.67 bits per heavy atom. The zero-order valence-corrected chi connectivity index (χ0v) is 15.2. The third-order valence-electron chi connectivity index (χ3n) is 4.47. The first-order chi connectivity index (χ1) is 13.1. The molecule has 4 rings (SSSR count). The molecule has 0 atom stereocenters. The fourth-order valence-corrected chi connectivity index (χ4v) is 3.28. The third-order valence-corrected chi connectivity index (χ3v) is 4.73. The lowest BCUT2D eigenvalue weighted by Gasteiger charge is -2.18. The van der Waals surface area contributed by atoms with Gasteiger partial charge in [-0.3, -0.25) is 14.7 Å². The number of pyridine rings is 1. The molecule has 0 spiro atoms. The maximum atomic E-state index is 12.6. The number of hydrogen-bond donors (Lipinski definition) is 1. The van der Waals surface area contributed by atoms with Gasteiger partial charge in [0.25, 0.3) is 0 Å². The molecule has 2 aromatic carbocycles. The number of hydrogen-bond acceptors (Lipinski definition) is 3. The summed E-state index contributed by atoms with van der Waals surface area (Å²) in [5.74, 6) is -0.251. The molecule has 1 saturated heterocycles. The molecule has 3 aromatic rings. The normalized spacial score (nSPS) is 14.0. The van der Waals surface area contributed by atoms with Crippen LogP contribution in [0.25, 0.3) is 10.9 Å². The summed E-state index contributed by atoms with van der Waals surface area (Å²) >= 11 is 5.90. The highest BCUT2D eigenvalue weighted by Crippen LogP contribution is 2.23. The van der Waals surface area contributed by atoms with Crippen molar-refractivity contribution in [3.05, 3.63) is 65.8 Å². The van der Waals surface area contributed by atoms with Crippen LogP contribution in [0, 0.1) is 0 Å². The number of anilines is 2. The van der Waals surface area contributed by atoms with Crippen molar-refractivity contribution in [2.45, 2.75) is 0 Å². The van der Waals surface area contributed by atoms with Crippen LogP contribution in [-0.2, 0) is 4.79 Å². The van der Waals surface area contributed by atoms with Crippen LogP contribution in [0.1, 0.15) is 0 Å². The molecule has 7 heteroatoms. The number of rotatable bonds is 4. The van der Waals surface area contributed by atoms with Gasteiger partial charge in [0.05, 0.1) is 11.2 Å². The SMILES string of the molecule is O=C(CN1CCN(c2ccc(Cl)cc2)C1=O)Nc1cccc2cccnc12. The summed E-state index contributed by atoms with van der Waals surface area (Å²) in [5, 5.41) is 4.42. The van der Waals surface area contributed by atoms with Gasteiger partial charge in [-0.15, -0.1) is 0 Å². The molecule has 3 amide bonds. The number of halogens is 1. The fraction of sp³-hybridized carbons (Fsp3) is 0.150. The first kappa shape index (κ1) is 17.3. The van der Waals surface area contributed by atoms with E-state index in [-0.39, 0.29) is 18.5 Å². The summed E-state index contributed by atoms with van der Waals surface area (Å²) in [4.78, 5) is 32.6. The van der Waals surface area contributed by atoms with Gasteiger partial charge in [0.1, 0.15) is 6.54 Å². The van der Waals surface area contributed by atoms with E-state index < -0.39 is 0 Å². The van der Waals surface area contributed by atoms with E-state index in [2.05, 4.69) is 10.3 Å². The number of carbonyl (C=O) groups excluding carboxylic acids is 2. The van der Waals surface area contributed by atoms with Crippen molar-refractivity contribution in [1.29, 1.82) is 0 Å². The lowest BCUT2D eigenvalue weighted by molar-refractivity contribution is -0.116. The Labute approximate surface area is 161 Å². The van der Waals surface area contributed by atoms with E-state index in [1.54, 1.807) is 41.4 Å². The molecule has 2 heterocycles. The highest BCUT2D eigenvalue weighted by molar-refractivity contribution is 6.30. The van der Waals surface area contributed by atoms with Gasteiger partial charge in [-0.1, -0.05) is 29.8 Å². The Bertz CT molecular complexity index is 1000. The van der Waals surface area contributed by atoms with Gasteiger partial charge in [0.2, 0.25) is 5.91 Å². The summed E-state index contributed by atoms with van der Waals surface area (Å²) in [5.41, 5.74) is 2.13. The van der Waals surface area contributed by atoms with Crippen LogP contribution in [-0.4, -0.2) is 41.5 Å². The number of urea groups is 1. The van der Waals surface area contributed by atoms with Crippen LogP contribution in [0.4, 0.5) is 16.2 Å². The maximum Gasteiger partial charge on any atom is 0.325 e. The first-order valence-corrected chi connectivity index (χ1v) is 8.95. The van der Waals surface area contributed by atoms with Crippen molar-refractivity contribution in [2.24, 2.45) is 0 Å². The molecule has 1 N–H and O–H groups in total. The predicted octanol–water partition coefficient (Wildman–Crippen LogP) is 3.77. The number of para-hydroxylation sites is 1. The van der Waals surface area contributed by atoms with E-state index in [0.717, 1.165) is 16.6 Å². The van der Waals surface area contributed by atoms with E-state index in [4.69, 9.17) is 11.6 Å². The van der Waals surface area contributed by atoms with Gasteiger partial charge in [0.15, 0.2) is 0 Å². The lowest BCUT2D eigenvalue weighted by Crippen LogP contribution is -2.37. The van der Waals surface area contributed by atoms with E-state index in [0.29, 0.717) is 23.8 Å². The van der Waals surface area contributed by atoms with Crippen LogP contribution < -0.4 is 10.2 Å². The largest absolute Gasteiger partial charge is 0.325 e. The minimum atomic E-state index is -0.251. The van der Waals surface area contributed by atoms with Gasteiger partial charge in [-0.25, -0.2) is 4.79 Å². The second-order valence-electron chi connectivity index (χ2n) is 6.26. The molecule has 0 radical (unpaired) electrons. The number of fused-ring (bicyclic) bond motifs is 1. The molecule has 27 heavy (non-hydrogen) atoms. The molecule has 0 bridgehead atoms. The molecule has 1 aliphatic heterocycles. The quantitative estimate of drug-likeness (QED) is 0.749. The molecular weight excluding hydrogens is 364 g/mol. The highest BCUT2D eigenvalue weighted by Gasteiger charge is 2.30. The zero-order chi connectivity index (χ0) is 18.8. The Kier molecular flexibility index (Phi) is 4.64. The average Bonchev–Trinajstić information content (AvgIpc) is 3.03. The van der Waals surface area contributed by atoms with Gasteiger partial charge in [0, 0.05) is 35.4 Å². The van der Waals surface area contributed by atoms with Crippen LogP contribution in [0.5, 0.6) is 0 Å². The highest BCUT2D eigenvalue weighted by atomic mass is 35.5. The Hall–Kier alpha value is -3.12. The van der Waals surface area contributed by atoms with Crippen molar-refractivity contribution >= 4 is 45.8 Å². The summed E-state index contributed by atoms with van der Waals surface area (Å²) in [6.45, 7) is 1.01. The van der Waals surface area contributed by atoms with Crippen LogP contribution >= 0.6 is 11.6 Å². The monoisotopic (exact) mass is 380 g/mol. The summed E-state index contributed by atoms with van der Waals surface area (Å²) in [6.07, 6.45) is 1.69. The Balaban J connectivity index is 1.44. The number of amides is 3. The summed E-state index contributed by atoms with van der Waals surface area (Å²) < 4.78 is 0. The van der Waals surface area contributed by atoms with Gasteiger partial charge >= 0.3 is 6.03 Å². The topological polar surface area (TPSA) is 65.5 Å². The molecule has 0 aliphatic carbocycles. The molecule has 6 nitrogen and oxygen atoms in total. The van der Waals surface area contributed by atoms with Crippen molar-refractivity contribution < 1.29 is 9.59 Å². The van der Waals surface area contributed by atoms with E-state index in [9.17, 15) is 9.59 Å². The molecule has 0 saturated carbocycles. The van der Waals surface area contributed by atoms with Crippen molar-refractivity contribution in [3.8, 4) is 0 Å². The van der Waals surface area contributed by atoms with Crippen molar-refractivity contribution in [1.82, 2.24) is 9.88 Å². The summed E-state index contributed by atoms with van der Waals surface area (Å²) in [7, 11) is 0. The molecule has 136 valence electrons. The number of aromatic nitrogens is 1. The smallest absolute Gasteiger partial charge is 0.323 e. The average molecular weight is 381 g/mol. The second-order valence-corrected chi connectivity index (χ2v) is 6.70. The standard InChI is InChI=1S/C20H17ClN4O2/c21-15-6-8-16(9-7-15)25-12-11-24(20(25)27)13-18(26)23-17-5-1-3-14-4-2-10-22-19(14)17/h1-10H,11-13H2,(H,23,26). The molecule has 1 fully saturated rings. The molecular formula is C20H17ClN4O2. The second kappa shape index (κ2) is 7.25. The minimum Gasteiger partial charge on any atom is -0.323 e. The third kappa shape index (κ3) is 3.57. The maximum absolute atomic E-state index is 12.6. The molecule has 0 unspecified atom stereocenters. The first-order valence-electron chi connectivity index (χ1n) is 8.57.